The van der Waals surface area contributed by atoms with Crippen LogP contribution in [0.25, 0.3) is 0 Å². The summed E-state index contributed by atoms with van der Waals surface area (Å²) >= 11 is 3.37. The van der Waals surface area contributed by atoms with Crippen molar-refractivity contribution in [2.45, 2.75) is 32.0 Å². The number of ketones is 1. The lowest BCUT2D eigenvalue weighted by Crippen LogP contribution is -2.13. The van der Waals surface area contributed by atoms with Gasteiger partial charge in [0.1, 0.15) is 0 Å². The van der Waals surface area contributed by atoms with Gasteiger partial charge in [0.25, 0.3) is 0 Å². The first-order chi connectivity index (χ1) is 6.56. The van der Waals surface area contributed by atoms with Crippen LogP contribution < -0.4 is 0 Å². The number of hydrogen-bond acceptors (Lipinski definition) is 1. The normalized spacial score (nSPS) is 12.6. The third kappa shape index (κ3) is 2.44. The van der Waals surface area contributed by atoms with Gasteiger partial charge in [-0.25, -0.2) is 0 Å². The van der Waals surface area contributed by atoms with Gasteiger partial charge in [0, 0.05) is 5.56 Å². The third-order valence-electron chi connectivity index (χ3n) is 2.43. The molecule has 0 N–H and O–H groups in total. The van der Waals surface area contributed by atoms with Gasteiger partial charge in [-0.1, -0.05) is 35.0 Å². The van der Waals surface area contributed by atoms with E-state index in [0.29, 0.717) is 0 Å². The largest absolute Gasteiger partial charge is 0.293 e. The quantitative estimate of drug-likeness (QED) is 0.595. The number of alkyl halides is 1. The van der Waals surface area contributed by atoms with Crippen LogP contribution in [0.2, 0.25) is 0 Å². The Kier molecular flexibility index (Phi) is 3.87. The summed E-state index contributed by atoms with van der Waals surface area (Å²) in [5.41, 5.74) is 3.20. The van der Waals surface area contributed by atoms with Gasteiger partial charge in [-0.3, -0.25) is 4.79 Å². The van der Waals surface area contributed by atoms with E-state index in [9.17, 15) is 4.79 Å². The molecule has 0 unspecified atom stereocenters. The van der Waals surface area contributed by atoms with Gasteiger partial charge in [-0.15, -0.1) is 0 Å². The minimum atomic E-state index is -0.0513. The lowest BCUT2D eigenvalue weighted by atomic mass is 10.0. The molecule has 0 heterocycles. The van der Waals surface area contributed by atoms with Crippen molar-refractivity contribution < 1.29 is 4.79 Å². The molecule has 0 fully saturated rings. The molecule has 1 nitrogen and oxygen atoms in total. The second-order valence-electron chi connectivity index (χ2n) is 3.54. The number of carbonyl (C=O) groups excluding carboxylic acids is 1. The molecular formula is C12H15BrO. The smallest absolute Gasteiger partial charge is 0.176 e. The number of aryl methyl sites for hydroxylation is 2. The molecule has 0 saturated carbocycles. The zero-order chi connectivity index (χ0) is 10.7. The van der Waals surface area contributed by atoms with Crippen LogP contribution in [0.1, 0.15) is 34.8 Å². The zero-order valence-electron chi connectivity index (χ0n) is 8.80. The van der Waals surface area contributed by atoms with Crippen molar-refractivity contribution in [1.82, 2.24) is 0 Å². The van der Waals surface area contributed by atoms with E-state index >= 15 is 0 Å². The van der Waals surface area contributed by atoms with Crippen molar-refractivity contribution in [3.8, 4) is 0 Å². The van der Waals surface area contributed by atoms with Crippen LogP contribution in [0.3, 0.4) is 0 Å². The van der Waals surface area contributed by atoms with Crippen LogP contribution in [-0.4, -0.2) is 10.6 Å². The van der Waals surface area contributed by atoms with Crippen LogP contribution >= 0.6 is 15.9 Å². The molecule has 1 aromatic rings. The van der Waals surface area contributed by atoms with Gasteiger partial charge < -0.3 is 0 Å². The molecule has 2 heteroatoms. The molecular weight excluding hydrogens is 240 g/mol. The predicted octanol–water partition coefficient (Wildman–Crippen LogP) is 3.66. The second kappa shape index (κ2) is 4.74. The van der Waals surface area contributed by atoms with E-state index in [4.69, 9.17) is 0 Å². The van der Waals surface area contributed by atoms with Crippen LogP contribution in [0.4, 0.5) is 0 Å². The first kappa shape index (κ1) is 11.4. The van der Waals surface area contributed by atoms with E-state index in [2.05, 4.69) is 22.9 Å². The topological polar surface area (TPSA) is 17.1 Å². The molecule has 0 radical (unpaired) electrons. The average Bonchev–Trinajstić information content (AvgIpc) is 2.20. The maximum absolute atomic E-state index is 11.8. The van der Waals surface area contributed by atoms with E-state index < -0.39 is 0 Å². The monoisotopic (exact) mass is 254 g/mol. The van der Waals surface area contributed by atoms with Gasteiger partial charge in [-0.2, -0.15) is 0 Å². The molecule has 0 aliphatic rings. The van der Waals surface area contributed by atoms with Gasteiger partial charge in [0.15, 0.2) is 5.78 Å². The molecule has 0 aliphatic carbocycles. The first-order valence-corrected chi connectivity index (χ1v) is 5.73. The number of rotatable bonds is 3. The fourth-order valence-electron chi connectivity index (χ4n) is 1.26. The van der Waals surface area contributed by atoms with Gasteiger partial charge in [0.05, 0.1) is 4.83 Å². The molecule has 14 heavy (non-hydrogen) atoms. The predicted molar refractivity (Wildman–Crippen MR) is 63.3 cm³/mol. The number of hydrogen-bond donors (Lipinski definition) is 0. The molecule has 1 atom stereocenters. The van der Waals surface area contributed by atoms with Crippen molar-refractivity contribution in [1.29, 1.82) is 0 Å². The number of halogens is 1. The Labute approximate surface area is 93.7 Å². The molecule has 0 aliphatic heterocycles. The Bertz CT molecular complexity index is 344. The van der Waals surface area contributed by atoms with Crippen molar-refractivity contribution in [2.75, 3.05) is 0 Å². The molecule has 76 valence electrons. The van der Waals surface area contributed by atoms with E-state index in [1.165, 1.54) is 11.1 Å². The maximum atomic E-state index is 11.8. The van der Waals surface area contributed by atoms with Crippen LogP contribution in [-0.2, 0) is 0 Å². The fraction of sp³-hybridized carbons (Fsp3) is 0.417. The van der Waals surface area contributed by atoms with Crippen molar-refractivity contribution >= 4 is 21.7 Å². The molecule has 0 aromatic heterocycles. The van der Waals surface area contributed by atoms with Crippen LogP contribution in [0, 0.1) is 13.8 Å². The Hall–Kier alpha value is -0.630. The third-order valence-corrected chi connectivity index (χ3v) is 3.50. The van der Waals surface area contributed by atoms with E-state index in [0.717, 1.165) is 12.0 Å². The lowest BCUT2D eigenvalue weighted by Gasteiger charge is -2.07. The Morgan fingerprint density at radius 2 is 2.00 bits per heavy atom. The number of carbonyl (C=O) groups is 1. The Morgan fingerprint density at radius 1 is 1.36 bits per heavy atom. The highest BCUT2D eigenvalue weighted by Crippen LogP contribution is 2.16. The van der Waals surface area contributed by atoms with Gasteiger partial charge >= 0.3 is 0 Å². The minimum absolute atomic E-state index is 0.0513. The van der Waals surface area contributed by atoms with E-state index in [1.807, 2.05) is 32.0 Å². The van der Waals surface area contributed by atoms with Gasteiger partial charge in [-0.05, 0) is 37.5 Å². The Balaban J connectivity index is 2.97. The summed E-state index contributed by atoms with van der Waals surface area (Å²) in [6, 6.07) is 5.86. The SMILES string of the molecule is CC[C@H](Br)C(=O)c1ccc(C)c(C)c1. The molecule has 0 amide bonds. The summed E-state index contributed by atoms with van der Waals surface area (Å²) in [6.07, 6.45) is 0.825. The Morgan fingerprint density at radius 3 is 2.50 bits per heavy atom. The van der Waals surface area contributed by atoms with E-state index in [-0.39, 0.29) is 10.6 Å². The highest BCUT2D eigenvalue weighted by atomic mass is 79.9. The summed E-state index contributed by atoms with van der Waals surface area (Å²) in [7, 11) is 0. The fourth-order valence-corrected chi connectivity index (χ4v) is 1.53. The highest BCUT2D eigenvalue weighted by molar-refractivity contribution is 9.10. The molecule has 0 saturated heterocycles. The highest BCUT2D eigenvalue weighted by Gasteiger charge is 2.14. The molecule has 0 spiro atoms. The number of Topliss-reactive ketones (excluding diaryl/α,β-unsaturated/α-hetero) is 1. The van der Waals surface area contributed by atoms with Crippen molar-refractivity contribution in [3.63, 3.8) is 0 Å². The first-order valence-electron chi connectivity index (χ1n) is 4.81. The van der Waals surface area contributed by atoms with E-state index in [1.54, 1.807) is 0 Å². The summed E-state index contributed by atoms with van der Waals surface area (Å²) < 4.78 is 0. The summed E-state index contributed by atoms with van der Waals surface area (Å²) in [5, 5.41) is 0. The lowest BCUT2D eigenvalue weighted by molar-refractivity contribution is 0.0990. The van der Waals surface area contributed by atoms with Crippen molar-refractivity contribution in [3.05, 3.63) is 34.9 Å². The number of benzene rings is 1. The summed E-state index contributed by atoms with van der Waals surface area (Å²) in [4.78, 5) is 11.7. The van der Waals surface area contributed by atoms with Gasteiger partial charge in [0.2, 0.25) is 0 Å². The molecule has 1 rings (SSSR count). The molecule has 1 aromatic carbocycles. The van der Waals surface area contributed by atoms with Crippen LogP contribution in [0.15, 0.2) is 18.2 Å². The zero-order valence-corrected chi connectivity index (χ0v) is 10.4. The second-order valence-corrected chi connectivity index (χ2v) is 4.64. The summed E-state index contributed by atoms with van der Waals surface area (Å²) in [5.74, 6) is 0.176. The average molecular weight is 255 g/mol. The maximum Gasteiger partial charge on any atom is 0.176 e. The van der Waals surface area contributed by atoms with Crippen molar-refractivity contribution in [2.24, 2.45) is 0 Å². The minimum Gasteiger partial charge on any atom is -0.293 e. The standard InChI is InChI=1S/C12H15BrO/c1-4-11(13)12(14)10-6-5-8(2)9(3)7-10/h5-7,11H,4H2,1-3H3/t11-/m0/s1. The molecule has 0 bridgehead atoms. The van der Waals surface area contributed by atoms with Crippen LogP contribution in [0.5, 0.6) is 0 Å². The summed E-state index contributed by atoms with van der Waals surface area (Å²) in [6.45, 7) is 6.08.